The van der Waals surface area contributed by atoms with E-state index in [1.165, 1.54) is 32.1 Å². The second kappa shape index (κ2) is 9.30. The number of hydrogen-bond donors (Lipinski definition) is 2. The lowest BCUT2D eigenvalue weighted by Gasteiger charge is -2.45. The van der Waals surface area contributed by atoms with E-state index in [-0.39, 0.29) is 0 Å². The van der Waals surface area contributed by atoms with E-state index in [9.17, 15) is 8.42 Å². The summed E-state index contributed by atoms with van der Waals surface area (Å²) in [7, 11) is -1.66. The molecule has 0 unspecified atom stereocenters. The highest BCUT2D eigenvalue weighted by Crippen LogP contribution is 2.42. The van der Waals surface area contributed by atoms with Gasteiger partial charge in [-0.05, 0) is 25.0 Å². The summed E-state index contributed by atoms with van der Waals surface area (Å²) in [4.78, 5) is 7.06. The first-order chi connectivity index (χ1) is 13.0. The summed E-state index contributed by atoms with van der Waals surface area (Å²) in [5.41, 5.74) is 0. The highest BCUT2D eigenvalue weighted by molar-refractivity contribution is 8.00. The minimum atomic E-state index is -3.46. The Labute approximate surface area is 167 Å². The van der Waals surface area contributed by atoms with Gasteiger partial charge in [-0.2, -0.15) is 11.8 Å². The summed E-state index contributed by atoms with van der Waals surface area (Å²) in [6.07, 6.45) is 6.60. The van der Waals surface area contributed by atoms with Crippen molar-refractivity contribution in [2.75, 3.05) is 39.0 Å². The summed E-state index contributed by atoms with van der Waals surface area (Å²) in [6.45, 7) is 2.86. The molecule has 1 spiro atoms. The number of nitrogens with zero attached hydrogens (tertiary/aromatic N) is 2. The number of guanidine groups is 1. The summed E-state index contributed by atoms with van der Waals surface area (Å²) < 4.78 is 27.6. The summed E-state index contributed by atoms with van der Waals surface area (Å²) in [5.74, 6) is 2.00. The van der Waals surface area contributed by atoms with Gasteiger partial charge in [0.05, 0.1) is 4.90 Å². The first kappa shape index (κ1) is 20.5. The highest BCUT2D eigenvalue weighted by atomic mass is 32.2. The predicted molar refractivity (Wildman–Crippen MR) is 113 cm³/mol. The number of thioether (sulfide) groups is 1. The van der Waals surface area contributed by atoms with Gasteiger partial charge in [-0.15, -0.1) is 0 Å². The molecule has 0 bridgehead atoms. The van der Waals surface area contributed by atoms with E-state index >= 15 is 0 Å². The Morgan fingerprint density at radius 2 is 1.93 bits per heavy atom. The Balaban J connectivity index is 1.49. The molecule has 1 aliphatic carbocycles. The van der Waals surface area contributed by atoms with E-state index < -0.39 is 10.0 Å². The van der Waals surface area contributed by atoms with Crippen molar-refractivity contribution in [3.05, 3.63) is 30.3 Å². The quantitative estimate of drug-likeness (QED) is 0.443. The third-order valence-electron chi connectivity index (χ3n) is 5.28. The minimum Gasteiger partial charge on any atom is -0.355 e. The fourth-order valence-corrected chi connectivity index (χ4v) is 6.52. The Kier molecular flexibility index (Phi) is 7.05. The normalized spacial score (nSPS) is 20.6. The molecule has 8 heteroatoms. The van der Waals surface area contributed by atoms with Crippen molar-refractivity contribution in [3.63, 3.8) is 0 Å². The van der Waals surface area contributed by atoms with Gasteiger partial charge in [0.1, 0.15) is 0 Å². The molecule has 6 nitrogen and oxygen atoms in total. The van der Waals surface area contributed by atoms with E-state index in [0.717, 1.165) is 24.8 Å². The monoisotopic (exact) mass is 410 g/mol. The van der Waals surface area contributed by atoms with Gasteiger partial charge in [-0.25, -0.2) is 13.1 Å². The predicted octanol–water partition coefficient (Wildman–Crippen LogP) is 2.29. The lowest BCUT2D eigenvalue weighted by atomic mass is 9.87. The van der Waals surface area contributed by atoms with Gasteiger partial charge in [0, 0.05) is 43.7 Å². The van der Waals surface area contributed by atoms with Crippen molar-refractivity contribution < 1.29 is 8.42 Å². The van der Waals surface area contributed by atoms with Crippen molar-refractivity contribution in [3.8, 4) is 0 Å². The van der Waals surface area contributed by atoms with Crippen LogP contribution in [0.15, 0.2) is 40.2 Å². The van der Waals surface area contributed by atoms with E-state index in [0.29, 0.717) is 22.7 Å². The molecule has 0 amide bonds. The third-order valence-corrected chi connectivity index (χ3v) is 8.29. The van der Waals surface area contributed by atoms with Crippen molar-refractivity contribution in [1.82, 2.24) is 14.9 Å². The molecule has 0 atom stereocenters. The number of nitrogens with one attached hydrogen (secondary N) is 2. The van der Waals surface area contributed by atoms with Gasteiger partial charge in [-0.3, -0.25) is 4.99 Å². The average Bonchev–Trinajstić information content (AvgIpc) is 2.69. The molecule has 0 aromatic heterocycles. The zero-order valence-corrected chi connectivity index (χ0v) is 17.6. The van der Waals surface area contributed by atoms with Crippen LogP contribution in [0.4, 0.5) is 0 Å². The lowest BCUT2D eigenvalue weighted by molar-refractivity contribution is 0.293. The molecule has 1 saturated carbocycles. The number of rotatable bonds is 5. The maximum atomic E-state index is 12.3. The molecule has 3 rings (SSSR count). The van der Waals surface area contributed by atoms with E-state index in [1.54, 1.807) is 37.4 Å². The maximum absolute atomic E-state index is 12.3. The Morgan fingerprint density at radius 1 is 1.19 bits per heavy atom. The van der Waals surface area contributed by atoms with Crippen LogP contribution in [-0.4, -0.2) is 63.0 Å². The average molecular weight is 411 g/mol. The third kappa shape index (κ3) is 5.39. The first-order valence-electron chi connectivity index (χ1n) is 9.69. The number of benzene rings is 1. The van der Waals surface area contributed by atoms with Gasteiger partial charge in [-0.1, -0.05) is 37.5 Å². The first-order valence-corrected chi connectivity index (χ1v) is 12.2. The van der Waals surface area contributed by atoms with Crippen LogP contribution in [0.25, 0.3) is 0 Å². The topological polar surface area (TPSA) is 73.8 Å². The molecule has 1 heterocycles. The Bertz CT molecular complexity index is 726. The van der Waals surface area contributed by atoms with Gasteiger partial charge in [0.25, 0.3) is 0 Å². The van der Waals surface area contributed by atoms with Crippen LogP contribution in [0.2, 0.25) is 0 Å². The molecule has 0 radical (unpaired) electrons. The molecule has 2 fully saturated rings. The molecule has 1 aromatic carbocycles. The van der Waals surface area contributed by atoms with E-state index in [4.69, 9.17) is 0 Å². The highest BCUT2D eigenvalue weighted by Gasteiger charge is 2.38. The minimum absolute atomic E-state index is 0.293. The van der Waals surface area contributed by atoms with Crippen LogP contribution in [0, 0.1) is 0 Å². The SMILES string of the molecule is CN=C(NCCNS(=O)(=O)c1ccccc1)N1CCSC2(CCCCC2)C1. The molecule has 150 valence electrons. The van der Waals surface area contributed by atoms with Gasteiger partial charge < -0.3 is 10.2 Å². The van der Waals surface area contributed by atoms with Gasteiger partial charge >= 0.3 is 0 Å². The standard InChI is InChI=1S/C19H30N4O2S2/c1-20-18(23-14-15-26-19(16-23)10-6-3-7-11-19)21-12-13-22-27(24,25)17-8-4-2-5-9-17/h2,4-5,8-9,22H,3,6-7,10-16H2,1H3,(H,20,21). The van der Waals surface area contributed by atoms with Crippen LogP contribution in [-0.2, 0) is 10.0 Å². The van der Waals surface area contributed by atoms with Crippen molar-refractivity contribution in [2.45, 2.75) is 41.7 Å². The number of sulfonamides is 1. The second-order valence-electron chi connectivity index (χ2n) is 7.20. The summed E-state index contributed by atoms with van der Waals surface area (Å²) >= 11 is 2.13. The maximum Gasteiger partial charge on any atom is 0.240 e. The van der Waals surface area contributed by atoms with Crippen LogP contribution < -0.4 is 10.0 Å². The largest absolute Gasteiger partial charge is 0.355 e. The second-order valence-corrected chi connectivity index (χ2v) is 10.5. The smallest absolute Gasteiger partial charge is 0.240 e. The Hall–Kier alpha value is -1.25. The van der Waals surface area contributed by atoms with Crippen molar-refractivity contribution in [2.24, 2.45) is 4.99 Å². The van der Waals surface area contributed by atoms with E-state index in [1.807, 2.05) is 0 Å². The molecule has 1 aromatic rings. The fraction of sp³-hybridized carbons (Fsp3) is 0.632. The zero-order chi connectivity index (χ0) is 19.2. The molecule has 1 saturated heterocycles. The fourth-order valence-electron chi connectivity index (χ4n) is 3.90. The summed E-state index contributed by atoms with van der Waals surface area (Å²) in [5, 5.41) is 3.32. The van der Waals surface area contributed by atoms with Crippen molar-refractivity contribution in [1.29, 1.82) is 0 Å². The summed E-state index contributed by atoms with van der Waals surface area (Å²) in [6, 6.07) is 8.46. The molecule has 2 aliphatic rings. The van der Waals surface area contributed by atoms with Gasteiger partial charge in [0.15, 0.2) is 5.96 Å². The van der Waals surface area contributed by atoms with Crippen LogP contribution in [0.3, 0.4) is 0 Å². The van der Waals surface area contributed by atoms with Crippen LogP contribution >= 0.6 is 11.8 Å². The van der Waals surface area contributed by atoms with Crippen molar-refractivity contribution >= 4 is 27.7 Å². The molecule has 2 N–H and O–H groups in total. The molecule has 1 aliphatic heterocycles. The lowest BCUT2D eigenvalue weighted by Crippen LogP contribution is -2.54. The number of aliphatic imine (C=N–C) groups is 1. The van der Waals surface area contributed by atoms with Crippen LogP contribution in [0.1, 0.15) is 32.1 Å². The zero-order valence-electron chi connectivity index (χ0n) is 16.0. The molecular weight excluding hydrogens is 380 g/mol. The molecule has 27 heavy (non-hydrogen) atoms. The van der Waals surface area contributed by atoms with Crippen LogP contribution in [0.5, 0.6) is 0 Å². The molecular formula is C19H30N4O2S2. The number of hydrogen-bond acceptors (Lipinski definition) is 4. The van der Waals surface area contributed by atoms with E-state index in [2.05, 4.69) is 31.7 Å². The van der Waals surface area contributed by atoms with Gasteiger partial charge in [0.2, 0.25) is 10.0 Å². The Morgan fingerprint density at radius 3 is 2.63 bits per heavy atom.